The Bertz CT molecular complexity index is 772. The molecule has 0 spiro atoms. The van der Waals surface area contributed by atoms with Crippen molar-refractivity contribution in [3.05, 3.63) is 53.8 Å². The van der Waals surface area contributed by atoms with E-state index in [1.54, 1.807) is 43.0 Å². The Balaban J connectivity index is 1.84. The number of methoxy groups -OCH3 is 2. The minimum absolute atomic E-state index is 0.196. The molecular formula is C18H19FN2O3S. The third-order valence-corrected chi connectivity index (χ3v) is 5.17. The van der Waals surface area contributed by atoms with E-state index in [9.17, 15) is 9.18 Å². The van der Waals surface area contributed by atoms with Crippen LogP contribution < -0.4 is 14.8 Å². The highest BCUT2D eigenvalue weighted by Gasteiger charge is 2.33. The van der Waals surface area contributed by atoms with Crippen LogP contribution in [0.5, 0.6) is 11.5 Å². The molecule has 5 nitrogen and oxygen atoms in total. The van der Waals surface area contributed by atoms with Gasteiger partial charge in [0.05, 0.1) is 14.2 Å². The number of thioether (sulfide) groups is 1. The van der Waals surface area contributed by atoms with E-state index in [4.69, 9.17) is 9.47 Å². The van der Waals surface area contributed by atoms with Crippen molar-refractivity contribution in [1.82, 2.24) is 4.90 Å². The standard InChI is InChI=1S/C18H19FN2O3S/c1-23-14-6-7-16(24-2)15(11-14)17-21(8-9-25-17)18(22)20-13-5-3-4-12(19)10-13/h3-7,10-11,17H,8-9H2,1-2H3,(H,20,22)/t17-/m1/s1. The van der Waals surface area contributed by atoms with Gasteiger partial charge < -0.3 is 19.7 Å². The number of ether oxygens (including phenoxy) is 2. The molecule has 0 unspecified atom stereocenters. The van der Waals surface area contributed by atoms with Crippen molar-refractivity contribution in [2.45, 2.75) is 5.37 Å². The summed E-state index contributed by atoms with van der Waals surface area (Å²) in [5, 5.41) is 2.56. The number of nitrogens with one attached hydrogen (secondary N) is 1. The molecule has 1 aliphatic heterocycles. The van der Waals surface area contributed by atoms with Gasteiger partial charge in [0, 0.05) is 23.5 Å². The predicted molar refractivity (Wildman–Crippen MR) is 96.9 cm³/mol. The molecule has 1 heterocycles. The Morgan fingerprint density at radius 2 is 2.08 bits per heavy atom. The number of urea groups is 1. The number of nitrogens with zero attached hydrogens (tertiary/aromatic N) is 1. The average molecular weight is 362 g/mol. The van der Waals surface area contributed by atoms with Crippen molar-refractivity contribution < 1.29 is 18.7 Å². The fraction of sp³-hybridized carbons (Fsp3) is 0.278. The van der Waals surface area contributed by atoms with E-state index < -0.39 is 0 Å². The summed E-state index contributed by atoms with van der Waals surface area (Å²) in [7, 11) is 3.20. The molecule has 1 aliphatic rings. The zero-order valence-corrected chi connectivity index (χ0v) is 14.8. The second-order valence-corrected chi connectivity index (χ2v) is 6.65. The van der Waals surface area contributed by atoms with E-state index in [0.29, 0.717) is 23.7 Å². The van der Waals surface area contributed by atoms with E-state index >= 15 is 0 Å². The van der Waals surface area contributed by atoms with E-state index in [1.807, 2.05) is 18.2 Å². The normalized spacial score (nSPS) is 16.6. The summed E-state index contributed by atoms with van der Waals surface area (Å²) in [6.45, 7) is 0.594. The van der Waals surface area contributed by atoms with Crippen molar-refractivity contribution in [3.8, 4) is 11.5 Å². The minimum Gasteiger partial charge on any atom is -0.497 e. The zero-order chi connectivity index (χ0) is 17.8. The summed E-state index contributed by atoms with van der Waals surface area (Å²) < 4.78 is 24.1. The summed E-state index contributed by atoms with van der Waals surface area (Å²) in [5.74, 6) is 1.82. The summed E-state index contributed by atoms with van der Waals surface area (Å²) in [4.78, 5) is 14.4. The molecule has 2 amide bonds. The van der Waals surface area contributed by atoms with Crippen molar-refractivity contribution >= 4 is 23.5 Å². The van der Waals surface area contributed by atoms with Crippen molar-refractivity contribution in [2.24, 2.45) is 0 Å². The van der Waals surface area contributed by atoms with Gasteiger partial charge in [0.25, 0.3) is 0 Å². The number of benzene rings is 2. The van der Waals surface area contributed by atoms with Gasteiger partial charge in [-0.05, 0) is 36.4 Å². The number of hydrogen-bond acceptors (Lipinski definition) is 4. The van der Waals surface area contributed by atoms with Crippen LogP contribution in [-0.4, -0.2) is 37.4 Å². The Kier molecular flexibility index (Phi) is 5.33. The van der Waals surface area contributed by atoms with Gasteiger partial charge >= 0.3 is 6.03 Å². The highest BCUT2D eigenvalue weighted by molar-refractivity contribution is 7.99. The minimum atomic E-state index is -0.389. The van der Waals surface area contributed by atoms with E-state index in [-0.39, 0.29) is 17.2 Å². The lowest BCUT2D eigenvalue weighted by Crippen LogP contribution is -2.34. The van der Waals surface area contributed by atoms with Crippen LogP contribution >= 0.6 is 11.8 Å². The molecule has 0 aromatic heterocycles. The van der Waals surface area contributed by atoms with Gasteiger partial charge in [-0.15, -0.1) is 11.8 Å². The zero-order valence-electron chi connectivity index (χ0n) is 14.0. The third-order valence-electron chi connectivity index (χ3n) is 3.93. The van der Waals surface area contributed by atoms with Gasteiger partial charge in [0.1, 0.15) is 22.7 Å². The predicted octanol–water partition coefficient (Wildman–Crippen LogP) is 4.12. The molecule has 0 aliphatic carbocycles. The van der Waals surface area contributed by atoms with Crippen LogP contribution in [-0.2, 0) is 0 Å². The van der Waals surface area contributed by atoms with Crippen LogP contribution in [0.1, 0.15) is 10.9 Å². The van der Waals surface area contributed by atoms with E-state index in [0.717, 1.165) is 11.3 Å². The molecule has 0 radical (unpaired) electrons. The Hall–Kier alpha value is -2.41. The van der Waals surface area contributed by atoms with Crippen molar-refractivity contribution in [1.29, 1.82) is 0 Å². The molecule has 0 bridgehead atoms. The number of carbonyl (C=O) groups excluding carboxylic acids is 1. The molecule has 1 N–H and O–H groups in total. The molecule has 2 aromatic carbocycles. The Labute approximate surface area is 150 Å². The topological polar surface area (TPSA) is 50.8 Å². The first-order valence-electron chi connectivity index (χ1n) is 7.79. The van der Waals surface area contributed by atoms with Crippen LogP contribution in [0.25, 0.3) is 0 Å². The lowest BCUT2D eigenvalue weighted by Gasteiger charge is -2.26. The molecule has 1 atom stereocenters. The smallest absolute Gasteiger partial charge is 0.323 e. The number of anilines is 1. The summed E-state index contributed by atoms with van der Waals surface area (Å²) in [6.07, 6.45) is 0. The molecule has 1 fully saturated rings. The molecule has 1 saturated heterocycles. The maximum atomic E-state index is 13.3. The van der Waals surface area contributed by atoms with Crippen molar-refractivity contribution in [3.63, 3.8) is 0 Å². The maximum absolute atomic E-state index is 13.3. The monoisotopic (exact) mass is 362 g/mol. The molecule has 25 heavy (non-hydrogen) atoms. The van der Waals surface area contributed by atoms with Crippen molar-refractivity contribution in [2.75, 3.05) is 31.8 Å². The van der Waals surface area contributed by atoms with Gasteiger partial charge in [0.2, 0.25) is 0 Å². The first kappa shape index (κ1) is 17.4. The second-order valence-electron chi connectivity index (χ2n) is 5.46. The Morgan fingerprint density at radius 3 is 2.80 bits per heavy atom. The summed E-state index contributed by atoms with van der Waals surface area (Å²) >= 11 is 1.65. The number of rotatable bonds is 4. The number of amides is 2. The maximum Gasteiger partial charge on any atom is 0.323 e. The largest absolute Gasteiger partial charge is 0.497 e. The van der Waals surface area contributed by atoms with Gasteiger partial charge in [-0.25, -0.2) is 9.18 Å². The van der Waals surface area contributed by atoms with Crippen LogP contribution in [0.3, 0.4) is 0 Å². The lowest BCUT2D eigenvalue weighted by atomic mass is 10.1. The van der Waals surface area contributed by atoms with Gasteiger partial charge in [-0.3, -0.25) is 0 Å². The quantitative estimate of drug-likeness (QED) is 0.889. The number of hydrogen-bond donors (Lipinski definition) is 1. The number of halogens is 1. The lowest BCUT2D eigenvalue weighted by molar-refractivity contribution is 0.213. The molecule has 3 rings (SSSR count). The fourth-order valence-electron chi connectivity index (χ4n) is 2.73. The van der Waals surface area contributed by atoms with Gasteiger partial charge in [-0.2, -0.15) is 0 Å². The first-order valence-corrected chi connectivity index (χ1v) is 8.84. The summed E-state index contributed by atoms with van der Waals surface area (Å²) in [6, 6.07) is 11.1. The molecule has 0 saturated carbocycles. The van der Waals surface area contributed by atoms with Gasteiger partial charge in [0.15, 0.2) is 0 Å². The van der Waals surface area contributed by atoms with Crippen LogP contribution in [0.4, 0.5) is 14.9 Å². The van der Waals surface area contributed by atoms with Crippen LogP contribution in [0.2, 0.25) is 0 Å². The Morgan fingerprint density at radius 1 is 1.24 bits per heavy atom. The molecule has 132 valence electrons. The number of carbonyl (C=O) groups is 1. The third kappa shape index (κ3) is 3.82. The highest BCUT2D eigenvalue weighted by atomic mass is 32.2. The van der Waals surface area contributed by atoms with Gasteiger partial charge in [-0.1, -0.05) is 6.07 Å². The van der Waals surface area contributed by atoms with E-state index in [2.05, 4.69) is 5.32 Å². The highest BCUT2D eigenvalue weighted by Crippen LogP contribution is 2.43. The average Bonchev–Trinajstić information content (AvgIpc) is 3.11. The van der Waals surface area contributed by atoms with E-state index in [1.165, 1.54) is 12.1 Å². The molecule has 7 heteroatoms. The molecule has 2 aromatic rings. The SMILES string of the molecule is COc1ccc(OC)c([C@H]2SCCN2C(=O)Nc2cccc(F)c2)c1. The first-order chi connectivity index (χ1) is 12.1. The van der Waals surface area contributed by atoms with Crippen LogP contribution in [0, 0.1) is 5.82 Å². The van der Waals surface area contributed by atoms with Crippen LogP contribution in [0.15, 0.2) is 42.5 Å². The second kappa shape index (κ2) is 7.65. The molecular weight excluding hydrogens is 343 g/mol. The summed E-state index contributed by atoms with van der Waals surface area (Å²) in [5.41, 5.74) is 1.30. The fourth-order valence-corrected chi connectivity index (χ4v) is 4.00.